The number of pyridine rings is 1. The van der Waals surface area contributed by atoms with Crippen LogP contribution < -0.4 is 4.90 Å². The first-order valence-electron chi connectivity index (χ1n) is 12.8. The van der Waals surface area contributed by atoms with E-state index in [4.69, 9.17) is 0 Å². The molecular weight excluding hydrogens is 518 g/mol. The maximum Gasteiger partial charge on any atom is 0.234 e. The van der Waals surface area contributed by atoms with Gasteiger partial charge >= 0.3 is 0 Å². The number of hydrogen-bond donors (Lipinski definition) is 1. The second kappa shape index (κ2) is 11.7. The quantitative estimate of drug-likeness (QED) is 0.291. The van der Waals surface area contributed by atoms with Gasteiger partial charge in [-0.15, -0.1) is 23.7 Å². The van der Waals surface area contributed by atoms with Gasteiger partial charge in [0.05, 0.1) is 47.8 Å². The van der Waals surface area contributed by atoms with Gasteiger partial charge in [-0.2, -0.15) is 5.10 Å². The Balaban J connectivity index is 0.00000336. The summed E-state index contributed by atoms with van der Waals surface area (Å²) in [6.45, 7) is 9.31. The molecule has 1 amide bonds. The highest BCUT2D eigenvalue weighted by Crippen LogP contribution is 2.38. The van der Waals surface area contributed by atoms with Crippen LogP contribution >= 0.6 is 23.7 Å². The van der Waals surface area contributed by atoms with Crippen LogP contribution in [0.3, 0.4) is 0 Å². The Bertz CT molecular complexity index is 1410. The lowest BCUT2D eigenvalue weighted by Gasteiger charge is -2.31. The molecule has 7 nitrogen and oxygen atoms in total. The molecule has 0 fully saturated rings. The molecular formula is C29H34ClN5O2S. The summed E-state index contributed by atoms with van der Waals surface area (Å²) in [5.41, 5.74) is 5.57. The molecule has 3 aromatic heterocycles. The number of nitrogens with zero attached hydrogens (tertiary/aromatic N) is 5. The second-order valence-corrected chi connectivity index (χ2v) is 11.4. The minimum absolute atomic E-state index is 0. The van der Waals surface area contributed by atoms with E-state index in [1.807, 2.05) is 60.1 Å². The number of anilines is 1. The number of carbonyl (C=O) groups excluding carboxylic acids is 1. The zero-order valence-corrected chi connectivity index (χ0v) is 23.9. The summed E-state index contributed by atoms with van der Waals surface area (Å²) in [6, 6.07) is 9.50. The third-order valence-corrected chi connectivity index (χ3v) is 8.11. The van der Waals surface area contributed by atoms with E-state index in [0.717, 1.165) is 58.0 Å². The number of hydrogen-bond acceptors (Lipinski definition) is 6. The molecule has 9 heteroatoms. The standard InChI is InChI=1S/C29H33N5O2S.ClH/c1-18(2)26-12-11-22(14-30-26)34(29(36)25-9-5-8-24-23(25)7-6-10-27(24)35)16-21-13-31-33(15-21)17-28-19(3)32-20(4)37-28;/h6-7,10-15,18,25,35H,5,8-9,16-17H2,1-4H3;1H. The topological polar surface area (TPSA) is 84.1 Å². The third-order valence-electron chi connectivity index (χ3n) is 7.05. The SMILES string of the molecule is Cc1nc(C)c(Cn2cc(CN(C(=O)C3CCCc4c(O)cccc43)c3ccc(C(C)C)nc3)cn2)s1.Cl. The minimum atomic E-state index is -0.307. The number of carbonyl (C=O) groups is 1. The lowest BCUT2D eigenvalue weighted by molar-refractivity contribution is -0.120. The van der Waals surface area contributed by atoms with Gasteiger partial charge in [-0.25, -0.2) is 4.98 Å². The molecule has 0 spiro atoms. The van der Waals surface area contributed by atoms with E-state index < -0.39 is 0 Å². The van der Waals surface area contributed by atoms with Gasteiger partial charge in [0.2, 0.25) is 5.91 Å². The van der Waals surface area contributed by atoms with E-state index in [2.05, 4.69) is 28.9 Å². The maximum absolute atomic E-state index is 14.1. The van der Waals surface area contributed by atoms with Gasteiger partial charge in [-0.3, -0.25) is 14.5 Å². The third kappa shape index (κ3) is 5.76. The first-order valence-corrected chi connectivity index (χ1v) is 13.6. The Morgan fingerprint density at radius 2 is 2.03 bits per heavy atom. The van der Waals surface area contributed by atoms with Crippen LogP contribution in [0, 0.1) is 13.8 Å². The van der Waals surface area contributed by atoms with E-state index >= 15 is 0 Å². The number of halogens is 1. The summed E-state index contributed by atoms with van der Waals surface area (Å²) in [4.78, 5) is 26.3. The summed E-state index contributed by atoms with van der Waals surface area (Å²) < 4.78 is 1.91. The molecule has 200 valence electrons. The molecule has 4 aromatic rings. The van der Waals surface area contributed by atoms with Crippen LogP contribution in [-0.4, -0.2) is 30.8 Å². The Morgan fingerprint density at radius 1 is 1.21 bits per heavy atom. The molecule has 1 aromatic carbocycles. The average molecular weight is 552 g/mol. The van der Waals surface area contributed by atoms with E-state index in [-0.39, 0.29) is 30.0 Å². The smallest absolute Gasteiger partial charge is 0.234 e. The van der Waals surface area contributed by atoms with Crippen LogP contribution in [0.5, 0.6) is 5.75 Å². The molecule has 0 saturated heterocycles. The molecule has 1 aliphatic rings. The van der Waals surface area contributed by atoms with Gasteiger partial charge in [0.15, 0.2) is 0 Å². The average Bonchev–Trinajstić information content (AvgIpc) is 3.46. The Labute approximate surface area is 234 Å². The summed E-state index contributed by atoms with van der Waals surface area (Å²) in [5.74, 6) is 0.300. The number of aromatic nitrogens is 4. The van der Waals surface area contributed by atoms with E-state index in [1.54, 1.807) is 23.6 Å². The van der Waals surface area contributed by atoms with Crippen molar-refractivity contribution in [3.05, 3.63) is 86.9 Å². The Morgan fingerprint density at radius 3 is 2.71 bits per heavy atom. The van der Waals surface area contributed by atoms with E-state index in [9.17, 15) is 9.90 Å². The number of thiazole rings is 1. The van der Waals surface area contributed by atoms with E-state index in [0.29, 0.717) is 19.0 Å². The van der Waals surface area contributed by atoms with Crippen LogP contribution in [0.1, 0.15) is 76.5 Å². The summed E-state index contributed by atoms with van der Waals surface area (Å²) in [5, 5.41) is 16.0. The van der Waals surface area contributed by atoms with Crippen molar-refractivity contribution in [3.8, 4) is 5.75 Å². The van der Waals surface area contributed by atoms with Gasteiger partial charge in [-0.05, 0) is 68.4 Å². The van der Waals surface area contributed by atoms with Gasteiger partial charge in [0.25, 0.3) is 0 Å². The van der Waals surface area contributed by atoms with Crippen molar-refractivity contribution in [2.75, 3.05) is 4.90 Å². The fourth-order valence-electron chi connectivity index (χ4n) is 5.09. The monoisotopic (exact) mass is 551 g/mol. The number of aryl methyl sites for hydroxylation is 2. The first-order chi connectivity index (χ1) is 17.8. The molecule has 38 heavy (non-hydrogen) atoms. The van der Waals surface area contributed by atoms with E-state index in [1.165, 1.54) is 4.88 Å². The summed E-state index contributed by atoms with van der Waals surface area (Å²) >= 11 is 1.69. The van der Waals surface area contributed by atoms with Gasteiger partial charge in [0.1, 0.15) is 5.75 Å². The molecule has 3 heterocycles. The van der Waals surface area contributed by atoms with Crippen LogP contribution in [-0.2, 0) is 24.3 Å². The van der Waals surface area contributed by atoms with Crippen molar-refractivity contribution in [2.45, 2.75) is 71.9 Å². The molecule has 1 aliphatic carbocycles. The number of benzene rings is 1. The summed E-state index contributed by atoms with van der Waals surface area (Å²) in [6.07, 6.45) is 8.05. The second-order valence-electron chi connectivity index (χ2n) is 10.1. The molecule has 1 unspecified atom stereocenters. The van der Waals surface area contributed by atoms with Crippen molar-refractivity contribution >= 4 is 35.3 Å². The largest absolute Gasteiger partial charge is 0.508 e. The molecule has 1 N–H and O–H groups in total. The number of fused-ring (bicyclic) bond motifs is 1. The number of rotatable bonds is 7. The molecule has 0 aliphatic heterocycles. The Hall–Kier alpha value is -3.23. The lowest BCUT2D eigenvalue weighted by atomic mass is 9.81. The normalized spacial score (nSPS) is 14.7. The van der Waals surface area contributed by atoms with Gasteiger partial charge in [-0.1, -0.05) is 26.0 Å². The van der Waals surface area contributed by atoms with Crippen molar-refractivity contribution in [2.24, 2.45) is 0 Å². The molecule has 1 atom stereocenters. The molecule has 0 bridgehead atoms. The van der Waals surface area contributed by atoms with Crippen molar-refractivity contribution in [1.82, 2.24) is 19.7 Å². The van der Waals surface area contributed by atoms with Crippen molar-refractivity contribution in [3.63, 3.8) is 0 Å². The predicted molar refractivity (Wildman–Crippen MR) is 153 cm³/mol. The summed E-state index contributed by atoms with van der Waals surface area (Å²) in [7, 11) is 0. The highest BCUT2D eigenvalue weighted by molar-refractivity contribution is 7.11. The van der Waals surface area contributed by atoms with Crippen LogP contribution in [0.2, 0.25) is 0 Å². The number of phenolic OH excluding ortho intramolecular Hbond substituents is 1. The van der Waals surface area contributed by atoms with Crippen molar-refractivity contribution < 1.29 is 9.90 Å². The van der Waals surface area contributed by atoms with Crippen LogP contribution in [0.4, 0.5) is 5.69 Å². The number of phenols is 1. The van der Waals surface area contributed by atoms with Gasteiger partial charge < -0.3 is 10.0 Å². The molecule has 5 rings (SSSR count). The van der Waals surface area contributed by atoms with Crippen LogP contribution in [0.15, 0.2) is 48.9 Å². The zero-order valence-electron chi connectivity index (χ0n) is 22.2. The maximum atomic E-state index is 14.1. The molecule has 0 radical (unpaired) electrons. The fraction of sp³-hybridized carbons (Fsp3) is 0.379. The minimum Gasteiger partial charge on any atom is -0.508 e. The van der Waals surface area contributed by atoms with Crippen molar-refractivity contribution in [1.29, 1.82) is 0 Å². The predicted octanol–water partition coefficient (Wildman–Crippen LogP) is 6.30. The fourth-order valence-corrected chi connectivity index (χ4v) is 6.02. The zero-order chi connectivity index (χ0) is 26.1. The highest BCUT2D eigenvalue weighted by Gasteiger charge is 2.32. The lowest BCUT2D eigenvalue weighted by Crippen LogP contribution is -2.36. The highest BCUT2D eigenvalue weighted by atomic mass is 35.5. The Kier molecular flexibility index (Phi) is 8.53. The number of amides is 1. The molecule has 0 saturated carbocycles. The first kappa shape index (κ1) is 27.8. The van der Waals surface area contributed by atoms with Gasteiger partial charge in [0, 0.05) is 22.3 Å². The van der Waals surface area contributed by atoms with Crippen LogP contribution in [0.25, 0.3) is 0 Å². The number of aromatic hydroxyl groups is 1.